The minimum atomic E-state index is -0.638. The van der Waals surface area contributed by atoms with E-state index in [1.54, 1.807) is 24.3 Å². The molecule has 1 aromatic heterocycles. The number of aromatic nitrogens is 2. The maximum absolute atomic E-state index is 12.6. The van der Waals surface area contributed by atoms with Crippen LogP contribution in [0.3, 0.4) is 0 Å². The number of urea groups is 1. The van der Waals surface area contributed by atoms with Crippen LogP contribution in [0.2, 0.25) is 5.02 Å². The van der Waals surface area contributed by atoms with Crippen LogP contribution in [0.25, 0.3) is 11.5 Å². The molecule has 1 atom stereocenters. The summed E-state index contributed by atoms with van der Waals surface area (Å²) >= 11 is 6.01. The van der Waals surface area contributed by atoms with Gasteiger partial charge >= 0.3 is 6.03 Å². The Kier molecular flexibility index (Phi) is 5.54. The van der Waals surface area contributed by atoms with E-state index in [2.05, 4.69) is 20.8 Å². The van der Waals surface area contributed by atoms with Gasteiger partial charge in [-0.15, -0.1) is 10.2 Å². The lowest BCUT2D eigenvalue weighted by atomic mass is 10.1. The third-order valence-electron chi connectivity index (χ3n) is 4.22. The number of halogens is 1. The van der Waals surface area contributed by atoms with Crippen LogP contribution in [0.15, 0.2) is 89.3 Å². The molecule has 0 aliphatic heterocycles. The summed E-state index contributed by atoms with van der Waals surface area (Å²) in [6.45, 7) is 0. The maximum Gasteiger partial charge on any atom is 0.320 e. The van der Waals surface area contributed by atoms with Gasteiger partial charge < -0.3 is 15.1 Å². The molecule has 29 heavy (non-hydrogen) atoms. The third-order valence-corrected chi connectivity index (χ3v) is 4.47. The van der Waals surface area contributed by atoms with Gasteiger partial charge in [-0.25, -0.2) is 4.79 Å². The fraction of sp³-hybridized carbons (Fsp3) is 0.0455. The van der Waals surface area contributed by atoms with E-state index in [9.17, 15) is 4.79 Å². The Balaban J connectivity index is 1.61. The van der Waals surface area contributed by atoms with Gasteiger partial charge in [-0.1, -0.05) is 60.1 Å². The standard InChI is InChI=1S/C22H17ClN4O2/c23-17-13-11-15(12-14-17)19(25-22(28)24-18-9-5-2-6-10-18)21-27-26-20(29-21)16-7-3-1-4-8-16/h1-14,19H,(H2,24,25,28)/t19-/m0/s1. The Morgan fingerprint density at radius 3 is 2.21 bits per heavy atom. The van der Waals surface area contributed by atoms with Crippen molar-refractivity contribution in [2.24, 2.45) is 0 Å². The first-order chi connectivity index (χ1) is 14.2. The topological polar surface area (TPSA) is 80.0 Å². The molecule has 0 saturated heterocycles. The van der Waals surface area contributed by atoms with E-state index in [1.807, 2.05) is 60.7 Å². The van der Waals surface area contributed by atoms with Gasteiger partial charge in [0.05, 0.1) is 0 Å². The number of benzene rings is 3. The lowest BCUT2D eigenvalue weighted by Gasteiger charge is -2.16. The number of hydrogen-bond acceptors (Lipinski definition) is 4. The number of amides is 2. The van der Waals surface area contributed by atoms with Crippen molar-refractivity contribution in [3.8, 4) is 11.5 Å². The van der Waals surface area contributed by atoms with Crippen molar-refractivity contribution < 1.29 is 9.21 Å². The number of carbonyl (C=O) groups excluding carboxylic acids is 1. The highest BCUT2D eigenvalue weighted by Crippen LogP contribution is 2.26. The van der Waals surface area contributed by atoms with Gasteiger partial charge in [0.25, 0.3) is 0 Å². The molecule has 0 aliphatic rings. The molecule has 0 bridgehead atoms. The van der Waals surface area contributed by atoms with E-state index in [0.717, 1.165) is 11.1 Å². The zero-order valence-electron chi connectivity index (χ0n) is 15.2. The Morgan fingerprint density at radius 1 is 0.862 bits per heavy atom. The third kappa shape index (κ3) is 4.62. The van der Waals surface area contributed by atoms with Gasteiger partial charge in [-0.3, -0.25) is 0 Å². The van der Waals surface area contributed by atoms with Crippen molar-refractivity contribution in [3.05, 3.63) is 101 Å². The second kappa shape index (κ2) is 8.58. The number of nitrogens with zero attached hydrogens (tertiary/aromatic N) is 2. The molecule has 0 aliphatic carbocycles. The molecule has 0 fully saturated rings. The number of nitrogens with one attached hydrogen (secondary N) is 2. The number of carbonyl (C=O) groups is 1. The number of para-hydroxylation sites is 1. The number of anilines is 1. The highest BCUT2D eigenvalue weighted by molar-refractivity contribution is 6.30. The Labute approximate surface area is 172 Å². The molecule has 2 amide bonds. The highest BCUT2D eigenvalue weighted by Gasteiger charge is 2.23. The van der Waals surface area contributed by atoms with E-state index in [-0.39, 0.29) is 5.89 Å². The van der Waals surface area contributed by atoms with Crippen LogP contribution in [-0.4, -0.2) is 16.2 Å². The average molecular weight is 405 g/mol. The van der Waals surface area contributed by atoms with Crippen LogP contribution < -0.4 is 10.6 Å². The molecule has 0 spiro atoms. The van der Waals surface area contributed by atoms with Crippen LogP contribution in [0, 0.1) is 0 Å². The van der Waals surface area contributed by atoms with Crippen LogP contribution in [0.5, 0.6) is 0 Å². The minimum Gasteiger partial charge on any atom is -0.418 e. The first-order valence-electron chi connectivity index (χ1n) is 8.96. The second-order valence-electron chi connectivity index (χ2n) is 6.26. The predicted molar refractivity (Wildman–Crippen MR) is 112 cm³/mol. The molecule has 2 N–H and O–H groups in total. The largest absolute Gasteiger partial charge is 0.418 e. The Morgan fingerprint density at radius 2 is 1.52 bits per heavy atom. The molecule has 0 unspecified atom stereocenters. The SMILES string of the molecule is O=C(Nc1ccccc1)N[C@@H](c1ccc(Cl)cc1)c1nnc(-c2ccccc2)o1. The normalized spacial score (nSPS) is 11.6. The summed E-state index contributed by atoms with van der Waals surface area (Å²) < 4.78 is 5.87. The molecule has 0 saturated carbocycles. The molecule has 4 rings (SSSR count). The molecule has 3 aromatic carbocycles. The van der Waals surface area contributed by atoms with E-state index < -0.39 is 12.1 Å². The minimum absolute atomic E-state index is 0.273. The Bertz CT molecular complexity index is 1080. The molecule has 1 heterocycles. The second-order valence-corrected chi connectivity index (χ2v) is 6.70. The van der Waals surface area contributed by atoms with Crippen molar-refractivity contribution in [2.75, 3.05) is 5.32 Å². The molecule has 6 nitrogen and oxygen atoms in total. The molecular weight excluding hydrogens is 388 g/mol. The molecule has 4 aromatic rings. The molecule has 7 heteroatoms. The van der Waals surface area contributed by atoms with Crippen molar-refractivity contribution in [1.29, 1.82) is 0 Å². The fourth-order valence-electron chi connectivity index (χ4n) is 2.81. The van der Waals surface area contributed by atoms with Crippen molar-refractivity contribution in [2.45, 2.75) is 6.04 Å². The Hall–Kier alpha value is -3.64. The van der Waals surface area contributed by atoms with Crippen LogP contribution in [-0.2, 0) is 0 Å². The summed E-state index contributed by atoms with van der Waals surface area (Å²) in [5.74, 6) is 0.652. The van der Waals surface area contributed by atoms with Crippen LogP contribution in [0.4, 0.5) is 10.5 Å². The molecular formula is C22H17ClN4O2. The lowest BCUT2D eigenvalue weighted by molar-refractivity contribution is 0.248. The van der Waals surface area contributed by atoms with Gasteiger partial charge in [-0.05, 0) is 42.0 Å². The lowest BCUT2D eigenvalue weighted by Crippen LogP contribution is -2.33. The van der Waals surface area contributed by atoms with E-state index in [1.165, 1.54) is 0 Å². The van der Waals surface area contributed by atoms with E-state index in [4.69, 9.17) is 16.0 Å². The van der Waals surface area contributed by atoms with Gasteiger partial charge in [-0.2, -0.15) is 0 Å². The summed E-state index contributed by atoms with van der Waals surface area (Å²) in [6, 6.07) is 24.7. The summed E-state index contributed by atoms with van der Waals surface area (Å²) in [5, 5.41) is 14.6. The highest BCUT2D eigenvalue weighted by atomic mass is 35.5. The summed E-state index contributed by atoms with van der Waals surface area (Å²) in [5.41, 5.74) is 2.24. The van der Waals surface area contributed by atoms with Crippen LogP contribution in [0.1, 0.15) is 17.5 Å². The zero-order chi connectivity index (χ0) is 20.1. The summed E-state index contributed by atoms with van der Waals surface area (Å²) in [6.07, 6.45) is 0. The van der Waals surface area contributed by atoms with E-state index >= 15 is 0 Å². The number of hydrogen-bond donors (Lipinski definition) is 2. The molecule has 144 valence electrons. The van der Waals surface area contributed by atoms with Gasteiger partial charge in [0.15, 0.2) is 0 Å². The quantitative estimate of drug-likeness (QED) is 0.473. The number of rotatable bonds is 5. The smallest absolute Gasteiger partial charge is 0.320 e. The van der Waals surface area contributed by atoms with Crippen molar-refractivity contribution in [3.63, 3.8) is 0 Å². The molecule has 0 radical (unpaired) electrons. The fourth-order valence-corrected chi connectivity index (χ4v) is 2.94. The monoisotopic (exact) mass is 404 g/mol. The van der Waals surface area contributed by atoms with Crippen LogP contribution >= 0.6 is 11.6 Å². The predicted octanol–water partition coefficient (Wildman–Crippen LogP) is 5.30. The van der Waals surface area contributed by atoms with Gasteiger partial charge in [0, 0.05) is 16.3 Å². The average Bonchev–Trinajstić information content (AvgIpc) is 3.24. The zero-order valence-corrected chi connectivity index (χ0v) is 16.0. The van der Waals surface area contributed by atoms with Crippen molar-refractivity contribution >= 4 is 23.3 Å². The van der Waals surface area contributed by atoms with Gasteiger partial charge in [0.1, 0.15) is 6.04 Å². The maximum atomic E-state index is 12.6. The van der Waals surface area contributed by atoms with Crippen molar-refractivity contribution in [1.82, 2.24) is 15.5 Å². The first kappa shape index (κ1) is 18.7. The first-order valence-corrected chi connectivity index (χ1v) is 9.34. The summed E-state index contributed by atoms with van der Waals surface area (Å²) in [4.78, 5) is 12.6. The summed E-state index contributed by atoms with van der Waals surface area (Å²) in [7, 11) is 0. The van der Waals surface area contributed by atoms with Gasteiger partial charge in [0.2, 0.25) is 11.8 Å². The van der Waals surface area contributed by atoms with E-state index in [0.29, 0.717) is 16.6 Å².